The van der Waals surface area contributed by atoms with Crippen LogP contribution in [0.15, 0.2) is 121 Å². The van der Waals surface area contributed by atoms with E-state index in [1.54, 1.807) is 0 Å². The van der Waals surface area contributed by atoms with Gasteiger partial charge in [0.1, 0.15) is 0 Å². The van der Waals surface area contributed by atoms with Crippen molar-refractivity contribution < 1.29 is 16.5 Å². The molecule has 33 heavy (non-hydrogen) atoms. The minimum Gasteiger partial charge on any atom is -0.142 e. The zero-order valence-electron chi connectivity index (χ0n) is 17.7. The van der Waals surface area contributed by atoms with Gasteiger partial charge in [-0.15, -0.1) is 50.5 Å². The smallest absolute Gasteiger partial charge is 0.0253 e. The summed E-state index contributed by atoms with van der Waals surface area (Å²) in [4.78, 5) is 3.59. The first-order valence-corrected chi connectivity index (χ1v) is 11.8. The summed E-state index contributed by atoms with van der Waals surface area (Å²) >= 11 is 18.1. The fraction of sp³-hybridized carbons (Fsp3) is 0. The number of rotatable bonds is 4. The van der Waals surface area contributed by atoms with Gasteiger partial charge in [0, 0.05) is 36.1 Å². The molecule has 0 aliphatic carbocycles. The Balaban J connectivity index is 0.000000227. The van der Waals surface area contributed by atoms with E-state index in [1.165, 1.54) is 0 Å². The molecule has 5 heteroatoms. The van der Waals surface area contributed by atoms with Crippen molar-refractivity contribution in [2.24, 2.45) is 0 Å². The Bertz CT molecular complexity index is 982. The van der Waals surface area contributed by atoms with Gasteiger partial charge in [0.05, 0.1) is 0 Å². The molecule has 0 N–H and O–H groups in total. The first-order valence-electron chi connectivity index (χ1n) is 10.0. The van der Waals surface area contributed by atoms with Crippen molar-refractivity contribution in [1.29, 1.82) is 0 Å². The minimum atomic E-state index is 0. The molecule has 0 amide bonds. The van der Waals surface area contributed by atoms with Gasteiger partial charge in [0.15, 0.2) is 0 Å². The van der Waals surface area contributed by atoms with Crippen LogP contribution in [0.25, 0.3) is 19.6 Å². The Morgan fingerprint density at radius 1 is 0.303 bits per heavy atom. The molecule has 0 bridgehead atoms. The van der Waals surface area contributed by atoms with Crippen LogP contribution in [0.5, 0.6) is 0 Å². The van der Waals surface area contributed by atoms with E-state index in [0.29, 0.717) is 0 Å². The topological polar surface area (TPSA) is 0 Å². The molecular weight excluding hydrogens is 523 g/mol. The van der Waals surface area contributed by atoms with Gasteiger partial charge >= 0.3 is 0 Å². The molecule has 0 aliphatic rings. The van der Waals surface area contributed by atoms with Crippen LogP contribution in [-0.4, -0.2) is 0 Å². The van der Waals surface area contributed by atoms with Gasteiger partial charge in [0.25, 0.3) is 0 Å². The second-order valence-electron chi connectivity index (χ2n) is 6.86. The van der Waals surface area contributed by atoms with Crippen LogP contribution in [0.1, 0.15) is 22.3 Å². The normalized spacial score (nSPS) is 11.8. The fourth-order valence-electron chi connectivity index (χ4n) is 2.93. The molecule has 0 aliphatic heterocycles. The Hall–Kier alpha value is -1.75. The number of thiol groups is 4. The summed E-state index contributed by atoms with van der Waals surface area (Å²) in [5.74, 6) is 0. The fourth-order valence-corrected chi connectivity index (χ4v) is 4.04. The van der Waals surface area contributed by atoms with Gasteiger partial charge in [-0.05, 0) is 22.3 Å². The maximum absolute atomic E-state index is 4.53. The van der Waals surface area contributed by atoms with E-state index in [1.807, 2.05) is 121 Å². The van der Waals surface area contributed by atoms with Crippen LogP contribution >= 0.6 is 50.5 Å². The van der Waals surface area contributed by atoms with Crippen molar-refractivity contribution in [2.45, 2.75) is 0 Å². The number of benzene rings is 4. The molecule has 0 saturated carbocycles. The maximum Gasteiger partial charge on any atom is 0.0253 e. The van der Waals surface area contributed by atoms with Gasteiger partial charge < -0.3 is 0 Å². The van der Waals surface area contributed by atoms with Crippen molar-refractivity contribution in [2.75, 3.05) is 0 Å². The molecule has 0 unspecified atom stereocenters. The molecule has 4 rings (SSSR count). The average molecular weight is 547 g/mol. The van der Waals surface area contributed by atoms with Gasteiger partial charge in [-0.1, -0.05) is 121 Å². The second-order valence-corrected chi connectivity index (χ2v) is 8.65. The Kier molecular flexibility index (Phi) is 12.1. The van der Waals surface area contributed by atoms with Gasteiger partial charge in [-0.2, -0.15) is 0 Å². The summed E-state index contributed by atoms with van der Waals surface area (Å²) in [6.45, 7) is 0. The molecule has 0 nitrogen and oxygen atoms in total. The molecule has 0 spiro atoms. The summed E-state index contributed by atoms with van der Waals surface area (Å²) in [7, 11) is 0. The molecule has 170 valence electrons. The predicted octanol–water partition coefficient (Wildman–Crippen LogP) is 8.74. The van der Waals surface area contributed by atoms with Crippen molar-refractivity contribution in [3.05, 3.63) is 144 Å². The third-order valence-corrected chi connectivity index (χ3v) is 6.92. The van der Waals surface area contributed by atoms with E-state index in [-0.39, 0.29) is 16.5 Å². The van der Waals surface area contributed by atoms with E-state index in [0.717, 1.165) is 41.9 Å². The van der Waals surface area contributed by atoms with E-state index in [9.17, 15) is 0 Å². The van der Waals surface area contributed by atoms with Crippen LogP contribution in [0.2, 0.25) is 0 Å². The molecule has 0 radical (unpaired) electrons. The molecule has 0 atom stereocenters. The van der Waals surface area contributed by atoms with Crippen LogP contribution < -0.4 is 0 Å². The Morgan fingerprint density at radius 3 is 0.606 bits per heavy atom. The van der Waals surface area contributed by atoms with E-state index in [4.69, 9.17) is 0 Å². The first kappa shape index (κ1) is 27.5. The summed E-state index contributed by atoms with van der Waals surface area (Å²) in [6, 6.07) is 40.2. The largest absolute Gasteiger partial charge is 0.142 e. The third-order valence-electron chi connectivity index (χ3n) is 4.64. The summed E-state index contributed by atoms with van der Waals surface area (Å²) in [5, 5.41) is 0. The van der Waals surface area contributed by atoms with Crippen molar-refractivity contribution in [3.63, 3.8) is 0 Å². The molecule has 4 aromatic rings. The molecule has 4 aromatic carbocycles. The minimum absolute atomic E-state index is 0. The average Bonchev–Trinajstić information content (AvgIpc) is 2.89. The van der Waals surface area contributed by atoms with E-state index in [2.05, 4.69) is 50.5 Å². The van der Waals surface area contributed by atoms with Crippen molar-refractivity contribution in [1.82, 2.24) is 0 Å². The Labute approximate surface area is 228 Å². The first-order chi connectivity index (χ1) is 15.6. The van der Waals surface area contributed by atoms with E-state index < -0.39 is 0 Å². The van der Waals surface area contributed by atoms with Crippen LogP contribution in [0, 0.1) is 0 Å². The zero-order valence-corrected chi connectivity index (χ0v) is 22.2. The monoisotopic (exact) mass is 546 g/mol. The maximum atomic E-state index is 4.53. The van der Waals surface area contributed by atoms with Gasteiger partial charge in [-0.3, -0.25) is 0 Å². The van der Waals surface area contributed by atoms with Crippen LogP contribution in [0.3, 0.4) is 0 Å². The SMILES string of the molecule is S/C(=C(\S)c1ccccc1)c1ccccc1.S/C(=C(\S)c1ccccc1)c1ccccc1.[Ni]. The van der Waals surface area contributed by atoms with E-state index >= 15 is 0 Å². The summed E-state index contributed by atoms with van der Waals surface area (Å²) < 4.78 is 0. The summed E-state index contributed by atoms with van der Waals surface area (Å²) in [6.07, 6.45) is 0. The summed E-state index contributed by atoms with van der Waals surface area (Å²) in [5.41, 5.74) is 4.33. The second kappa shape index (κ2) is 14.5. The third kappa shape index (κ3) is 8.20. The molecule has 0 saturated heterocycles. The Morgan fingerprint density at radius 2 is 0.455 bits per heavy atom. The zero-order chi connectivity index (χ0) is 22.8. The molecule has 0 fully saturated rings. The standard InChI is InChI=1S/2C14H12S2.Ni/c2*15-13(11-7-3-1-4-8-11)14(16)12-9-5-2-6-10-12;/h2*1-10,15-16H;/b2*14-13-;. The predicted molar refractivity (Wildman–Crippen MR) is 155 cm³/mol. The quantitative estimate of drug-likeness (QED) is 0.110. The van der Waals surface area contributed by atoms with Crippen molar-refractivity contribution in [3.8, 4) is 0 Å². The van der Waals surface area contributed by atoms with Crippen LogP contribution in [0.4, 0.5) is 0 Å². The molecule has 0 heterocycles. The van der Waals surface area contributed by atoms with Crippen molar-refractivity contribution >= 4 is 70.1 Å². The van der Waals surface area contributed by atoms with Gasteiger partial charge in [-0.25, -0.2) is 0 Å². The molecule has 0 aromatic heterocycles. The number of hydrogen-bond donors (Lipinski definition) is 4. The number of hydrogen-bond acceptors (Lipinski definition) is 4. The molecular formula is C28H24NiS4. The van der Waals surface area contributed by atoms with Gasteiger partial charge in [0.2, 0.25) is 0 Å². The van der Waals surface area contributed by atoms with Crippen LogP contribution in [-0.2, 0) is 16.5 Å².